The average Bonchev–Trinajstić information content (AvgIpc) is 3.48. The maximum absolute atomic E-state index is 13.2. The fourth-order valence-electron chi connectivity index (χ4n) is 4.25. The van der Waals surface area contributed by atoms with Crippen molar-refractivity contribution < 1.29 is 22.7 Å². The molecule has 0 atom stereocenters. The number of halogens is 3. The summed E-state index contributed by atoms with van der Waals surface area (Å²) < 4.78 is 45.5. The fourth-order valence-corrected chi connectivity index (χ4v) is 4.25. The molecule has 1 N–H and O–H groups in total. The normalized spacial score (nSPS) is 17.4. The number of hydrogen-bond acceptors (Lipinski definition) is 3. The lowest BCUT2D eigenvalue weighted by molar-refractivity contribution is -0.189. The summed E-state index contributed by atoms with van der Waals surface area (Å²) in [6.45, 7) is 7.18. The Hall–Kier alpha value is -2.70. The van der Waals surface area contributed by atoms with Crippen LogP contribution in [0.4, 0.5) is 30.2 Å². The van der Waals surface area contributed by atoms with Crippen molar-refractivity contribution in [3.05, 3.63) is 47.0 Å². The van der Waals surface area contributed by atoms with Gasteiger partial charge in [0, 0.05) is 24.3 Å². The molecule has 7 heteroatoms. The molecule has 2 aromatic rings. The number of alkyl halides is 3. The van der Waals surface area contributed by atoms with Crippen molar-refractivity contribution >= 4 is 23.0 Å². The molecular formula is C24H27F3N2O2. The van der Waals surface area contributed by atoms with E-state index in [1.807, 2.05) is 51.1 Å². The van der Waals surface area contributed by atoms with Crippen molar-refractivity contribution in [2.24, 2.45) is 5.41 Å². The Morgan fingerprint density at radius 2 is 1.81 bits per heavy atom. The van der Waals surface area contributed by atoms with E-state index >= 15 is 0 Å². The second kappa shape index (κ2) is 7.77. The van der Waals surface area contributed by atoms with Crippen molar-refractivity contribution in [3.63, 3.8) is 0 Å². The smallest absolute Gasteiger partial charge is 0.395 e. The first-order chi connectivity index (χ1) is 14.6. The van der Waals surface area contributed by atoms with Gasteiger partial charge in [-0.15, -0.1) is 0 Å². The molecule has 31 heavy (non-hydrogen) atoms. The number of carbonyl (C=O) groups is 1. The molecular weight excluding hydrogens is 405 g/mol. The van der Waals surface area contributed by atoms with Gasteiger partial charge in [-0.25, -0.2) is 0 Å². The van der Waals surface area contributed by atoms with Gasteiger partial charge in [-0.05, 0) is 81.0 Å². The number of fused-ring (bicyclic) bond motifs is 1. The van der Waals surface area contributed by atoms with E-state index in [0.29, 0.717) is 12.3 Å². The monoisotopic (exact) mass is 432 g/mol. The molecule has 1 heterocycles. The van der Waals surface area contributed by atoms with Crippen LogP contribution in [0.5, 0.6) is 5.75 Å². The summed E-state index contributed by atoms with van der Waals surface area (Å²) in [5.74, 6) is 0.254. The van der Waals surface area contributed by atoms with E-state index in [4.69, 9.17) is 4.74 Å². The topological polar surface area (TPSA) is 41.6 Å². The standard InChI is InChI=1S/C24H27F3N2O2/c1-15-5-6-19-20(11-15)31-10-4-9-29(19)18-12-16(2)22(17(3)13-18)28-21(30)14-23(7-8-23)24(25,26)27/h5-6,11-13H,4,7-10,14H2,1-3H3,(H,28,30). The second-order valence-electron chi connectivity index (χ2n) is 8.78. The van der Waals surface area contributed by atoms with Gasteiger partial charge in [0.05, 0.1) is 17.7 Å². The van der Waals surface area contributed by atoms with Crippen LogP contribution in [0, 0.1) is 26.2 Å². The van der Waals surface area contributed by atoms with Crippen molar-refractivity contribution in [1.29, 1.82) is 0 Å². The SMILES string of the molecule is Cc1ccc2c(c1)OCCCN2c1cc(C)c(NC(=O)CC2(C(F)(F)F)CC2)c(C)c1. The predicted octanol–water partition coefficient (Wildman–Crippen LogP) is 6.20. The number of aryl methyl sites for hydroxylation is 3. The van der Waals surface area contributed by atoms with Crippen LogP contribution >= 0.6 is 0 Å². The molecule has 0 spiro atoms. The van der Waals surface area contributed by atoms with E-state index in [-0.39, 0.29) is 12.8 Å². The summed E-state index contributed by atoms with van der Waals surface area (Å²) in [6, 6.07) is 10.0. The summed E-state index contributed by atoms with van der Waals surface area (Å²) in [5.41, 5.74) is 3.46. The number of hydrogen-bond donors (Lipinski definition) is 1. The van der Waals surface area contributed by atoms with Crippen molar-refractivity contribution in [3.8, 4) is 5.75 Å². The third-order valence-electron chi connectivity index (χ3n) is 6.24. The van der Waals surface area contributed by atoms with E-state index in [1.165, 1.54) is 0 Å². The highest BCUT2D eigenvalue weighted by molar-refractivity contribution is 5.93. The Morgan fingerprint density at radius 3 is 2.42 bits per heavy atom. The van der Waals surface area contributed by atoms with Gasteiger partial charge in [0.2, 0.25) is 5.91 Å². The van der Waals surface area contributed by atoms with E-state index in [2.05, 4.69) is 10.2 Å². The van der Waals surface area contributed by atoms with Gasteiger partial charge >= 0.3 is 6.18 Å². The predicted molar refractivity (Wildman–Crippen MR) is 115 cm³/mol. The molecule has 0 saturated heterocycles. The highest BCUT2D eigenvalue weighted by Crippen LogP contribution is 2.60. The molecule has 4 rings (SSSR count). The van der Waals surface area contributed by atoms with Crippen LogP contribution in [0.2, 0.25) is 0 Å². The van der Waals surface area contributed by atoms with Crippen molar-refractivity contribution in [2.45, 2.75) is 52.6 Å². The van der Waals surface area contributed by atoms with Crippen LogP contribution in [-0.2, 0) is 4.79 Å². The van der Waals surface area contributed by atoms with Gasteiger partial charge in [-0.3, -0.25) is 4.79 Å². The number of anilines is 3. The van der Waals surface area contributed by atoms with Crippen molar-refractivity contribution in [1.82, 2.24) is 0 Å². The highest BCUT2D eigenvalue weighted by atomic mass is 19.4. The molecule has 0 radical (unpaired) electrons. The number of nitrogens with zero attached hydrogens (tertiary/aromatic N) is 1. The lowest BCUT2D eigenvalue weighted by Gasteiger charge is -2.26. The van der Waals surface area contributed by atoms with Crippen LogP contribution in [0.15, 0.2) is 30.3 Å². The summed E-state index contributed by atoms with van der Waals surface area (Å²) in [5, 5.41) is 2.73. The Morgan fingerprint density at radius 1 is 1.13 bits per heavy atom. The fraction of sp³-hybridized carbons (Fsp3) is 0.458. The van der Waals surface area contributed by atoms with Gasteiger partial charge < -0.3 is 15.0 Å². The number of rotatable bonds is 4. The van der Waals surface area contributed by atoms with Crippen LogP contribution in [-0.4, -0.2) is 25.2 Å². The number of carbonyl (C=O) groups excluding carboxylic acids is 1. The number of nitrogens with one attached hydrogen (secondary N) is 1. The quantitative estimate of drug-likeness (QED) is 0.625. The molecule has 1 saturated carbocycles. The third kappa shape index (κ3) is 4.23. The number of benzene rings is 2. The van der Waals surface area contributed by atoms with Crippen LogP contribution in [0.3, 0.4) is 0 Å². The first-order valence-corrected chi connectivity index (χ1v) is 10.6. The van der Waals surface area contributed by atoms with E-state index in [9.17, 15) is 18.0 Å². The maximum atomic E-state index is 13.2. The Bertz CT molecular complexity index is 989. The maximum Gasteiger partial charge on any atom is 0.395 e. The van der Waals surface area contributed by atoms with Gasteiger partial charge in [0.25, 0.3) is 0 Å². The molecule has 1 amide bonds. The van der Waals surface area contributed by atoms with Gasteiger partial charge in [-0.2, -0.15) is 13.2 Å². The summed E-state index contributed by atoms with van der Waals surface area (Å²) >= 11 is 0. The van der Waals surface area contributed by atoms with E-state index < -0.39 is 23.9 Å². The largest absolute Gasteiger partial charge is 0.491 e. The molecule has 1 fully saturated rings. The van der Waals surface area contributed by atoms with E-state index in [0.717, 1.165) is 46.8 Å². The van der Waals surface area contributed by atoms with Gasteiger partial charge in [0.1, 0.15) is 5.75 Å². The van der Waals surface area contributed by atoms with Crippen molar-refractivity contribution in [2.75, 3.05) is 23.4 Å². The number of ether oxygens (including phenoxy) is 1. The molecule has 1 aliphatic carbocycles. The zero-order valence-corrected chi connectivity index (χ0v) is 18.0. The molecule has 4 nitrogen and oxygen atoms in total. The molecule has 166 valence electrons. The van der Waals surface area contributed by atoms with Crippen LogP contribution < -0.4 is 15.0 Å². The zero-order valence-electron chi connectivity index (χ0n) is 18.0. The zero-order chi connectivity index (χ0) is 22.4. The lowest BCUT2D eigenvalue weighted by Crippen LogP contribution is -2.29. The van der Waals surface area contributed by atoms with Gasteiger partial charge in [0.15, 0.2) is 0 Å². The Kier molecular flexibility index (Phi) is 5.40. The highest BCUT2D eigenvalue weighted by Gasteiger charge is 2.63. The molecule has 2 aliphatic rings. The first kappa shape index (κ1) is 21.5. The first-order valence-electron chi connectivity index (χ1n) is 10.6. The minimum atomic E-state index is -4.33. The minimum absolute atomic E-state index is 0.0245. The van der Waals surface area contributed by atoms with Gasteiger partial charge in [-0.1, -0.05) is 6.07 Å². The molecule has 2 aromatic carbocycles. The molecule has 1 aliphatic heterocycles. The number of amides is 1. The summed E-state index contributed by atoms with van der Waals surface area (Å²) in [4.78, 5) is 14.6. The molecule has 0 aromatic heterocycles. The van der Waals surface area contributed by atoms with E-state index in [1.54, 1.807) is 0 Å². The Labute approximate surface area is 180 Å². The average molecular weight is 432 g/mol. The second-order valence-corrected chi connectivity index (χ2v) is 8.78. The van der Waals surface area contributed by atoms with Crippen LogP contribution in [0.25, 0.3) is 0 Å². The molecule has 0 bridgehead atoms. The van der Waals surface area contributed by atoms with Crippen LogP contribution in [0.1, 0.15) is 42.4 Å². The summed E-state index contributed by atoms with van der Waals surface area (Å²) in [6.07, 6.45) is -3.94. The molecule has 0 unspecified atom stereocenters. The lowest BCUT2D eigenvalue weighted by atomic mass is 10.0. The minimum Gasteiger partial charge on any atom is -0.491 e. The third-order valence-corrected chi connectivity index (χ3v) is 6.24. The Balaban J connectivity index is 1.58. The summed E-state index contributed by atoms with van der Waals surface area (Å²) in [7, 11) is 0.